The number of halogens is 1. The molecule has 0 saturated heterocycles. The van der Waals surface area contributed by atoms with E-state index in [1.54, 1.807) is 0 Å². The lowest BCUT2D eigenvalue weighted by Gasteiger charge is -2.37. The van der Waals surface area contributed by atoms with Crippen molar-refractivity contribution in [2.45, 2.75) is 26.4 Å². The lowest BCUT2D eigenvalue weighted by molar-refractivity contribution is 0.396. The first-order chi connectivity index (χ1) is 16.5. The molecule has 1 aliphatic heterocycles. The number of hydrogen-bond donors (Lipinski definition) is 1. The van der Waals surface area contributed by atoms with E-state index in [1.807, 2.05) is 66.7 Å². The topological polar surface area (TPSA) is 54.2 Å². The van der Waals surface area contributed by atoms with Gasteiger partial charge in [-0.05, 0) is 54.9 Å². The molecule has 7 heteroatoms. The Kier molecular flexibility index (Phi) is 6.18. The number of benzene rings is 3. The van der Waals surface area contributed by atoms with Crippen molar-refractivity contribution in [3.63, 3.8) is 0 Å². The summed E-state index contributed by atoms with van der Waals surface area (Å²) in [5.74, 6) is 1.01. The van der Waals surface area contributed by atoms with Crippen LogP contribution in [0.15, 0.2) is 89.1 Å². The molecule has 1 atom stereocenters. The SMILES string of the molecule is CC1=C(c2nc(-c3ccccc3)no2)C(c2ccc(Cl)cc2)NC(=S)N1Cc1ccccc1C. The standard InChI is InChI=1S/C27H23ClN4OS/c1-17-8-6-7-11-21(17)16-32-18(2)23(24(29-27(32)34)19-12-14-22(28)15-13-19)26-30-25(31-33-26)20-9-4-3-5-10-20/h3-15,24H,16H2,1-2H3,(H,29,34). The Bertz CT molecular complexity index is 1360. The number of rotatable bonds is 5. The van der Waals surface area contributed by atoms with Crippen LogP contribution in [0.2, 0.25) is 5.02 Å². The van der Waals surface area contributed by atoms with Crippen LogP contribution in [0.25, 0.3) is 17.0 Å². The molecule has 2 heterocycles. The molecule has 0 spiro atoms. The molecule has 0 bridgehead atoms. The smallest absolute Gasteiger partial charge is 0.258 e. The summed E-state index contributed by atoms with van der Waals surface area (Å²) < 4.78 is 5.81. The lowest BCUT2D eigenvalue weighted by atomic mass is 9.94. The molecule has 1 N–H and O–H groups in total. The van der Waals surface area contributed by atoms with Crippen LogP contribution in [-0.2, 0) is 6.54 Å². The number of nitrogens with zero attached hydrogens (tertiary/aromatic N) is 3. The summed E-state index contributed by atoms with van der Waals surface area (Å²) in [5.41, 5.74) is 6.18. The molecule has 1 aromatic heterocycles. The van der Waals surface area contributed by atoms with E-state index in [0.29, 0.717) is 28.4 Å². The molecule has 4 aromatic rings. The van der Waals surface area contributed by atoms with E-state index in [0.717, 1.165) is 22.4 Å². The van der Waals surface area contributed by atoms with Crippen molar-refractivity contribution in [3.05, 3.63) is 112 Å². The molecule has 0 saturated carbocycles. The van der Waals surface area contributed by atoms with Gasteiger partial charge in [0.1, 0.15) is 0 Å². The predicted octanol–water partition coefficient (Wildman–Crippen LogP) is 6.56. The van der Waals surface area contributed by atoms with Crippen LogP contribution in [0.1, 0.15) is 35.5 Å². The van der Waals surface area contributed by atoms with Gasteiger partial charge in [-0.15, -0.1) is 0 Å². The molecule has 5 nitrogen and oxygen atoms in total. The van der Waals surface area contributed by atoms with E-state index < -0.39 is 0 Å². The molecule has 3 aromatic carbocycles. The number of hydrogen-bond acceptors (Lipinski definition) is 4. The van der Waals surface area contributed by atoms with Crippen molar-refractivity contribution in [1.29, 1.82) is 0 Å². The van der Waals surface area contributed by atoms with Gasteiger partial charge in [-0.1, -0.05) is 83.5 Å². The summed E-state index contributed by atoms with van der Waals surface area (Å²) in [6, 6.07) is 25.6. The van der Waals surface area contributed by atoms with Crippen molar-refractivity contribution in [2.75, 3.05) is 0 Å². The van der Waals surface area contributed by atoms with Gasteiger partial charge < -0.3 is 14.7 Å². The number of thiocarbonyl (C=S) groups is 1. The normalized spacial score (nSPS) is 16.0. The minimum Gasteiger partial charge on any atom is -0.351 e. The van der Waals surface area contributed by atoms with Gasteiger partial charge in [-0.2, -0.15) is 4.98 Å². The Morgan fingerprint density at radius 3 is 2.41 bits per heavy atom. The minimum atomic E-state index is -0.248. The molecule has 34 heavy (non-hydrogen) atoms. The maximum Gasteiger partial charge on any atom is 0.258 e. The Morgan fingerprint density at radius 1 is 0.971 bits per heavy atom. The number of aromatic nitrogens is 2. The fourth-order valence-corrected chi connectivity index (χ4v) is 4.59. The summed E-state index contributed by atoms with van der Waals surface area (Å²) in [6.07, 6.45) is 0. The zero-order chi connectivity index (χ0) is 23.7. The third-order valence-electron chi connectivity index (χ3n) is 6.08. The van der Waals surface area contributed by atoms with Gasteiger partial charge in [0.15, 0.2) is 5.11 Å². The van der Waals surface area contributed by atoms with Crippen molar-refractivity contribution >= 4 is 34.5 Å². The van der Waals surface area contributed by atoms with E-state index in [9.17, 15) is 0 Å². The number of aryl methyl sites for hydroxylation is 1. The quantitative estimate of drug-likeness (QED) is 0.322. The Hall–Kier alpha value is -3.48. The van der Waals surface area contributed by atoms with Gasteiger partial charge >= 0.3 is 0 Å². The van der Waals surface area contributed by atoms with Crippen LogP contribution in [0, 0.1) is 6.92 Å². The van der Waals surface area contributed by atoms with Gasteiger partial charge in [0, 0.05) is 16.3 Å². The summed E-state index contributed by atoms with van der Waals surface area (Å²) in [5, 5.41) is 9.08. The fourth-order valence-electron chi connectivity index (χ4n) is 4.15. The van der Waals surface area contributed by atoms with Gasteiger partial charge in [0.2, 0.25) is 5.82 Å². The Morgan fingerprint density at radius 2 is 1.68 bits per heavy atom. The van der Waals surface area contributed by atoms with Crippen molar-refractivity contribution in [1.82, 2.24) is 20.4 Å². The molecule has 0 radical (unpaired) electrons. The fraction of sp³-hybridized carbons (Fsp3) is 0.148. The third kappa shape index (κ3) is 4.34. The van der Waals surface area contributed by atoms with Crippen LogP contribution in [0.5, 0.6) is 0 Å². The highest BCUT2D eigenvalue weighted by molar-refractivity contribution is 7.80. The first-order valence-corrected chi connectivity index (χ1v) is 11.8. The predicted molar refractivity (Wildman–Crippen MR) is 139 cm³/mol. The van der Waals surface area contributed by atoms with Crippen molar-refractivity contribution < 1.29 is 4.52 Å². The third-order valence-corrected chi connectivity index (χ3v) is 6.67. The van der Waals surface area contributed by atoms with Crippen LogP contribution in [0.4, 0.5) is 0 Å². The first-order valence-electron chi connectivity index (χ1n) is 11.0. The van der Waals surface area contributed by atoms with E-state index >= 15 is 0 Å². The monoisotopic (exact) mass is 486 g/mol. The van der Waals surface area contributed by atoms with E-state index in [2.05, 4.69) is 41.4 Å². The molecule has 1 aliphatic rings. The van der Waals surface area contributed by atoms with Crippen molar-refractivity contribution in [3.8, 4) is 11.4 Å². The van der Waals surface area contributed by atoms with Gasteiger partial charge in [-0.25, -0.2) is 0 Å². The maximum atomic E-state index is 6.15. The Balaban J connectivity index is 1.61. The highest BCUT2D eigenvalue weighted by Gasteiger charge is 2.34. The molecule has 1 unspecified atom stereocenters. The molecule has 170 valence electrons. The second kappa shape index (κ2) is 9.41. The summed E-state index contributed by atoms with van der Waals surface area (Å²) in [4.78, 5) is 6.85. The largest absolute Gasteiger partial charge is 0.351 e. The van der Waals surface area contributed by atoms with Crippen molar-refractivity contribution in [2.24, 2.45) is 0 Å². The molecule has 5 rings (SSSR count). The van der Waals surface area contributed by atoms with E-state index in [-0.39, 0.29) is 6.04 Å². The van der Waals surface area contributed by atoms with Crippen LogP contribution < -0.4 is 5.32 Å². The number of nitrogens with one attached hydrogen (secondary N) is 1. The maximum absolute atomic E-state index is 6.15. The van der Waals surface area contributed by atoms with Crippen LogP contribution >= 0.6 is 23.8 Å². The summed E-state index contributed by atoms with van der Waals surface area (Å²) in [6.45, 7) is 4.80. The zero-order valence-electron chi connectivity index (χ0n) is 18.8. The van der Waals surface area contributed by atoms with Gasteiger partial charge in [-0.3, -0.25) is 0 Å². The van der Waals surface area contributed by atoms with Gasteiger partial charge in [0.25, 0.3) is 5.89 Å². The number of allylic oxidation sites excluding steroid dienone is 1. The van der Waals surface area contributed by atoms with Gasteiger partial charge in [0.05, 0.1) is 18.2 Å². The lowest BCUT2D eigenvalue weighted by Crippen LogP contribution is -2.45. The second-order valence-corrected chi connectivity index (χ2v) is 9.06. The molecular formula is C27H23ClN4OS. The minimum absolute atomic E-state index is 0.248. The Labute approximate surface area is 209 Å². The molecule has 0 amide bonds. The highest BCUT2D eigenvalue weighted by Crippen LogP contribution is 2.38. The first kappa shape index (κ1) is 22.3. The van der Waals surface area contributed by atoms with Crippen LogP contribution in [-0.4, -0.2) is 20.2 Å². The summed E-state index contributed by atoms with van der Waals surface area (Å²) in [7, 11) is 0. The van der Waals surface area contributed by atoms with Crippen LogP contribution in [0.3, 0.4) is 0 Å². The molecule has 0 fully saturated rings. The second-order valence-electron chi connectivity index (χ2n) is 8.23. The average molecular weight is 487 g/mol. The van der Waals surface area contributed by atoms with E-state index in [1.165, 1.54) is 11.1 Å². The average Bonchev–Trinajstić information content (AvgIpc) is 3.33. The zero-order valence-corrected chi connectivity index (χ0v) is 20.4. The highest BCUT2D eigenvalue weighted by atomic mass is 35.5. The summed E-state index contributed by atoms with van der Waals surface area (Å²) >= 11 is 12.0. The molecule has 0 aliphatic carbocycles. The molecular weight excluding hydrogens is 464 g/mol. The van der Waals surface area contributed by atoms with E-state index in [4.69, 9.17) is 33.3 Å².